The minimum Gasteiger partial charge on any atom is -0.458 e. The van der Waals surface area contributed by atoms with Gasteiger partial charge in [0.2, 0.25) is 6.10 Å². The molecule has 1 aliphatic rings. The second-order valence-corrected chi connectivity index (χ2v) is 6.57. The van der Waals surface area contributed by atoms with E-state index in [0.717, 1.165) is 10.4 Å². The second-order valence-electron chi connectivity index (χ2n) is 4.85. The van der Waals surface area contributed by atoms with E-state index in [9.17, 15) is 4.79 Å². The van der Waals surface area contributed by atoms with E-state index in [0.29, 0.717) is 27.9 Å². The van der Waals surface area contributed by atoms with Crippen molar-refractivity contribution in [3.63, 3.8) is 0 Å². The standard InChI is InChI=1S/C14H13ClN2O4S/c1-7-9(8(2)20-16-7)6-19-14(18)11-5-10(17-21-11)12-3-4-13(15)22-12/h3-4,11H,5-6H2,1-2H3/t11-/m1/s1. The third-order valence-electron chi connectivity index (χ3n) is 3.33. The number of aromatic nitrogens is 1. The summed E-state index contributed by atoms with van der Waals surface area (Å²) in [4.78, 5) is 18.1. The van der Waals surface area contributed by atoms with E-state index in [1.807, 2.05) is 6.07 Å². The lowest BCUT2D eigenvalue weighted by molar-refractivity contribution is -0.156. The zero-order chi connectivity index (χ0) is 15.7. The first kappa shape index (κ1) is 15.1. The Morgan fingerprint density at radius 2 is 2.32 bits per heavy atom. The second kappa shape index (κ2) is 6.10. The van der Waals surface area contributed by atoms with E-state index in [2.05, 4.69) is 10.3 Å². The van der Waals surface area contributed by atoms with Gasteiger partial charge in [-0.1, -0.05) is 21.9 Å². The molecule has 1 atom stereocenters. The Bertz CT molecular complexity index is 718. The van der Waals surface area contributed by atoms with Gasteiger partial charge in [-0.3, -0.25) is 0 Å². The molecule has 2 aromatic heterocycles. The number of oxime groups is 1. The fourth-order valence-corrected chi connectivity index (χ4v) is 3.10. The minimum atomic E-state index is -0.726. The summed E-state index contributed by atoms with van der Waals surface area (Å²) in [5.41, 5.74) is 2.19. The van der Waals surface area contributed by atoms with Gasteiger partial charge < -0.3 is 14.1 Å². The molecule has 0 spiro atoms. The van der Waals surface area contributed by atoms with Crippen molar-refractivity contribution in [2.75, 3.05) is 0 Å². The van der Waals surface area contributed by atoms with Gasteiger partial charge in [0.25, 0.3) is 0 Å². The Hall–Kier alpha value is -1.86. The summed E-state index contributed by atoms with van der Waals surface area (Å²) in [6.07, 6.45) is -0.353. The maximum absolute atomic E-state index is 12.1. The number of thiophene rings is 1. The number of nitrogens with zero attached hydrogens (tertiary/aromatic N) is 2. The van der Waals surface area contributed by atoms with Crippen LogP contribution in [0.4, 0.5) is 0 Å². The van der Waals surface area contributed by atoms with E-state index in [1.165, 1.54) is 11.3 Å². The largest absolute Gasteiger partial charge is 0.458 e. The first-order chi connectivity index (χ1) is 10.5. The molecule has 0 radical (unpaired) electrons. The van der Waals surface area contributed by atoms with Crippen LogP contribution in [0, 0.1) is 13.8 Å². The molecule has 6 nitrogen and oxygen atoms in total. The summed E-state index contributed by atoms with van der Waals surface area (Å²) in [6.45, 7) is 3.69. The van der Waals surface area contributed by atoms with Crippen LogP contribution in [-0.4, -0.2) is 22.9 Å². The van der Waals surface area contributed by atoms with Crippen LogP contribution in [0.2, 0.25) is 4.34 Å². The molecule has 8 heteroatoms. The average Bonchev–Trinajstić information content (AvgIpc) is 3.19. The Labute approximate surface area is 135 Å². The number of aryl methyl sites for hydroxylation is 2. The van der Waals surface area contributed by atoms with Crippen LogP contribution >= 0.6 is 22.9 Å². The number of hydrogen-bond donors (Lipinski definition) is 0. The Morgan fingerprint density at radius 1 is 1.50 bits per heavy atom. The lowest BCUT2D eigenvalue weighted by Crippen LogP contribution is -2.23. The van der Waals surface area contributed by atoms with Gasteiger partial charge in [0.15, 0.2) is 0 Å². The average molecular weight is 341 g/mol. The number of ether oxygens (including phenoxy) is 1. The van der Waals surface area contributed by atoms with Crippen molar-refractivity contribution in [3.8, 4) is 0 Å². The molecule has 0 N–H and O–H groups in total. The molecule has 0 aliphatic carbocycles. The van der Waals surface area contributed by atoms with Crippen molar-refractivity contribution < 1.29 is 18.9 Å². The van der Waals surface area contributed by atoms with Gasteiger partial charge in [-0.15, -0.1) is 11.3 Å². The molecule has 0 saturated carbocycles. The number of halogens is 1. The van der Waals surface area contributed by atoms with Crippen molar-refractivity contribution >= 4 is 34.6 Å². The topological polar surface area (TPSA) is 73.9 Å². The Morgan fingerprint density at radius 3 is 2.95 bits per heavy atom. The molecular weight excluding hydrogens is 328 g/mol. The van der Waals surface area contributed by atoms with Crippen LogP contribution in [0.3, 0.4) is 0 Å². The summed E-state index contributed by atoms with van der Waals surface area (Å²) < 4.78 is 11.0. The van der Waals surface area contributed by atoms with Crippen molar-refractivity contribution in [3.05, 3.63) is 38.4 Å². The Balaban J connectivity index is 1.57. The number of esters is 1. The fourth-order valence-electron chi connectivity index (χ4n) is 2.06. The summed E-state index contributed by atoms with van der Waals surface area (Å²) in [5, 5.41) is 7.75. The molecular formula is C14H13ClN2O4S. The van der Waals surface area contributed by atoms with E-state index in [-0.39, 0.29) is 6.61 Å². The maximum Gasteiger partial charge on any atom is 0.350 e. The third-order valence-corrected chi connectivity index (χ3v) is 4.61. The summed E-state index contributed by atoms with van der Waals surface area (Å²) in [5.74, 6) is 0.184. The highest BCUT2D eigenvalue weighted by Crippen LogP contribution is 2.27. The van der Waals surface area contributed by atoms with Crippen molar-refractivity contribution in [1.29, 1.82) is 0 Å². The summed E-state index contributed by atoms with van der Waals surface area (Å²) in [7, 11) is 0. The SMILES string of the molecule is Cc1noc(C)c1COC(=O)[C@H]1CC(c2ccc(Cl)s2)=NO1. The van der Waals surface area contributed by atoms with Crippen LogP contribution in [0.15, 0.2) is 21.8 Å². The van der Waals surface area contributed by atoms with Gasteiger partial charge in [-0.2, -0.15) is 0 Å². The molecule has 2 aromatic rings. The summed E-state index contributed by atoms with van der Waals surface area (Å²) in [6, 6.07) is 3.64. The molecule has 0 bridgehead atoms. The lowest BCUT2D eigenvalue weighted by Gasteiger charge is -2.08. The van der Waals surface area contributed by atoms with Crippen LogP contribution in [0.25, 0.3) is 0 Å². The fraction of sp³-hybridized carbons (Fsp3) is 0.357. The smallest absolute Gasteiger partial charge is 0.350 e. The molecule has 3 heterocycles. The van der Waals surface area contributed by atoms with Crippen LogP contribution in [-0.2, 0) is 21.0 Å². The normalized spacial score (nSPS) is 17.2. The number of carbonyl (C=O) groups excluding carboxylic acids is 1. The van der Waals surface area contributed by atoms with Crippen LogP contribution in [0.5, 0.6) is 0 Å². The van der Waals surface area contributed by atoms with Gasteiger partial charge in [-0.25, -0.2) is 4.79 Å². The molecule has 0 fully saturated rings. The monoisotopic (exact) mass is 340 g/mol. The van der Waals surface area contributed by atoms with E-state index in [1.54, 1.807) is 19.9 Å². The van der Waals surface area contributed by atoms with Gasteiger partial charge >= 0.3 is 5.97 Å². The van der Waals surface area contributed by atoms with E-state index in [4.69, 9.17) is 25.7 Å². The number of hydrogen-bond acceptors (Lipinski definition) is 7. The minimum absolute atomic E-state index is 0.111. The lowest BCUT2D eigenvalue weighted by atomic mass is 10.1. The molecule has 3 rings (SSSR count). The van der Waals surface area contributed by atoms with E-state index >= 15 is 0 Å². The highest BCUT2D eigenvalue weighted by atomic mass is 35.5. The first-order valence-corrected chi connectivity index (χ1v) is 7.81. The predicted molar refractivity (Wildman–Crippen MR) is 81.1 cm³/mol. The number of rotatable bonds is 4. The third kappa shape index (κ3) is 3.00. The highest BCUT2D eigenvalue weighted by molar-refractivity contribution is 7.18. The van der Waals surface area contributed by atoms with Crippen LogP contribution < -0.4 is 0 Å². The van der Waals surface area contributed by atoms with Gasteiger partial charge in [0.05, 0.1) is 20.5 Å². The Kier molecular flexibility index (Phi) is 4.17. The zero-order valence-corrected chi connectivity index (χ0v) is 13.5. The predicted octanol–water partition coefficient (Wildman–Crippen LogP) is 3.24. The highest BCUT2D eigenvalue weighted by Gasteiger charge is 2.31. The van der Waals surface area contributed by atoms with Crippen molar-refractivity contribution in [2.45, 2.75) is 33.0 Å². The summed E-state index contributed by atoms with van der Waals surface area (Å²) >= 11 is 7.29. The first-order valence-electron chi connectivity index (χ1n) is 6.61. The van der Waals surface area contributed by atoms with Crippen molar-refractivity contribution in [1.82, 2.24) is 5.16 Å². The molecule has 0 unspecified atom stereocenters. The molecule has 22 heavy (non-hydrogen) atoms. The quantitative estimate of drug-likeness (QED) is 0.799. The molecule has 0 aromatic carbocycles. The zero-order valence-electron chi connectivity index (χ0n) is 12.0. The molecule has 0 saturated heterocycles. The van der Waals surface area contributed by atoms with E-state index < -0.39 is 12.1 Å². The number of carbonyl (C=O) groups is 1. The van der Waals surface area contributed by atoms with Crippen molar-refractivity contribution in [2.24, 2.45) is 5.16 Å². The molecule has 0 amide bonds. The maximum atomic E-state index is 12.1. The van der Waals surface area contributed by atoms with Crippen LogP contribution in [0.1, 0.15) is 28.3 Å². The van der Waals surface area contributed by atoms with Gasteiger partial charge in [-0.05, 0) is 26.0 Å². The van der Waals surface area contributed by atoms with Gasteiger partial charge in [0, 0.05) is 6.42 Å². The molecule has 116 valence electrons. The van der Waals surface area contributed by atoms with Gasteiger partial charge in [0.1, 0.15) is 18.1 Å². The molecule has 1 aliphatic heterocycles.